The highest BCUT2D eigenvalue weighted by Crippen LogP contribution is 2.46. The fourth-order valence-electron chi connectivity index (χ4n) is 2.17. The van der Waals surface area contributed by atoms with Crippen LogP contribution < -0.4 is 0 Å². The summed E-state index contributed by atoms with van der Waals surface area (Å²) in [6.07, 6.45) is 1.77. The van der Waals surface area contributed by atoms with Crippen LogP contribution in [0.2, 0.25) is 0 Å². The van der Waals surface area contributed by atoms with Crippen molar-refractivity contribution < 1.29 is 4.42 Å². The first-order valence-electron chi connectivity index (χ1n) is 6.09. The second-order valence-corrected chi connectivity index (χ2v) is 7.16. The largest absolute Gasteiger partial charge is 0.467 e. The quantitative estimate of drug-likeness (QED) is 0.721. The van der Waals surface area contributed by atoms with E-state index in [0.29, 0.717) is 4.58 Å². The van der Waals surface area contributed by atoms with Crippen molar-refractivity contribution >= 4 is 23.5 Å². The third kappa shape index (κ3) is 2.34. The van der Waals surface area contributed by atoms with Crippen LogP contribution in [0.5, 0.6) is 0 Å². The normalized spacial score (nSPS) is 16.3. The molecule has 0 fully saturated rings. The Morgan fingerprint density at radius 3 is 2.17 bits per heavy atom. The first kappa shape index (κ1) is 12.2. The molecule has 3 rings (SSSR count). The topological polar surface area (TPSA) is 13.1 Å². The van der Waals surface area contributed by atoms with E-state index in [1.807, 2.05) is 29.6 Å². The van der Waals surface area contributed by atoms with E-state index in [0.717, 1.165) is 17.3 Å². The molecule has 94 valence electrons. The van der Waals surface area contributed by atoms with Crippen molar-refractivity contribution in [2.24, 2.45) is 0 Å². The van der Waals surface area contributed by atoms with Crippen molar-refractivity contribution in [2.75, 3.05) is 0 Å². The van der Waals surface area contributed by atoms with Crippen LogP contribution in [0.4, 0.5) is 0 Å². The van der Waals surface area contributed by atoms with Crippen LogP contribution in [-0.4, -0.2) is 0 Å². The fraction of sp³-hybridized carbons (Fsp3) is 0.333. The monoisotopic (exact) mass is 276 g/mol. The van der Waals surface area contributed by atoms with Gasteiger partial charge in [-0.1, -0.05) is 12.1 Å². The molecule has 2 aromatic rings. The Morgan fingerprint density at radius 2 is 1.67 bits per heavy atom. The van der Waals surface area contributed by atoms with E-state index < -0.39 is 0 Å². The van der Waals surface area contributed by atoms with Gasteiger partial charge in [0.05, 0.1) is 6.26 Å². The fourth-order valence-corrected chi connectivity index (χ4v) is 4.76. The summed E-state index contributed by atoms with van der Waals surface area (Å²) in [7, 11) is 0. The van der Waals surface area contributed by atoms with Crippen LogP contribution in [0, 0.1) is 13.8 Å². The van der Waals surface area contributed by atoms with Crippen LogP contribution >= 0.6 is 23.5 Å². The number of benzene rings is 1. The molecule has 0 aliphatic carbocycles. The summed E-state index contributed by atoms with van der Waals surface area (Å²) >= 11 is 3.94. The van der Waals surface area contributed by atoms with Gasteiger partial charge in [0.25, 0.3) is 0 Å². The average molecular weight is 276 g/mol. The van der Waals surface area contributed by atoms with Crippen LogP contribution in [0.3, 0.4) is 0 Å². The molecule has 3 heteroatoms. The number of hydrogen-bond acceptors (Lipinski definition) is 3. The smallest absolute Gasteiger partial charge is 0.126 e. The molecule has 0 spiro atoms. The highest BCUT2D eigenvalue weighted by Gasteiger charge is 2.21. The summed E-state index contributed by atoms with van der Waals surface area (Å²) in [6, 6.07) is 8.76. The maximum atomic E-state index is 5.53. The minimum absolute atomic E-state index is 0.424. The van der Waals surface area contributed by atoms with Crippen molar-refractivity contribution in [1.29, 1.82) is 0 Å². The second-order valence-electron chi connectivity index (χ2n) is 4.67. The SMILES string of the molecule is Cc1cc2c(cc1C)CSC(c1ccco1)SC2. The van der Waals surface area contributed by atoms with Crippen molar-refractivity contribution in [3.63, 3.8) is 0 Å². The van der Waals surface area contributed by atoms with E-state index >= 15 is 0 Å². The van der Waals surface area contributed by atoms with Crippen LogP contribution in [-0.2, 0) is 11.5 Å². The molecule has 1 aromatic heterocycles. The van der Waals surface area contributed by atoms with E-state index in [1.54, 1.807) is 6.26 Å². The van der Waals surface area contributed by atoms with Gasteiger partial charge in [0, 0.05) is 11.5 Å². The Kier molecular flexibility index (Phi) is 3.44. The van der Waals surface area contributed by atoms with Crippen LogP contribution in [0.25, 0.3) is 0 Å². The van der Waals surface area contributed by atoms with Gasteiger partial charge in [-0.05, 0) is 48.2 Å². The molecular formula is C15H16OS2. The first-order valence-corrected chi connectivity index (χ1v) is 8.19. The lowest BCUT2D eigenvalue weighted by molar-refractivity contribution is 0.528. The van der Waals surface area contributed by atoms with Gasteiger partial charge in [-0.15, -0.1) is 23.5 Å². The molecule has 1 nitrogen and oxygen atoms in total. The molecule has 0 saturated heterocycles. The minimum Gasteiger partial charge on any atom is -0.467 e. The minimum atomic E-state index is 0.424. The highest BCUT2D eigenvalue weighted by molar-refractivity contribution is 8.15. The van der Waals surface area contributed by atoms with E-state index in [1.165, 1.54) is 22.3 Å². The summed E-state index contributed by atoms with van der Waals surface area (Å²) in [5, 5.41) is 0. The van der Waals surface area contributed by atoms with Crippen molar-refractivity contribution in [3.05, 3.63) is 58.5 Å². The number of furan rings is 1. The highest BCUT2D eigenvalue weighted by atomic mass is 32.2. The van der Waals surface area contributed by atoms with Crippen molar-refractivity contribution in [2.45, 2.75) is 29.9 Å². The van der Waals surface area contributed by atoms with Gasteiger partial charge < -0.3 is 4.42 Å². The predicted molar refractivity (Wildman–Crippen MR) is 80.0 cm³/mol. The standard InChI is InChI=1S/C15H16OS2/c1-10-6-12-8-17-15(14-4-3-5-16-14)18-9-13(12)7-11(10)2/h3-7,15H,8-9H2,1-2H3. The summed E-state index contributed by atoms with van der Waals surface area (Å²) in [6.45, 7) is 4.39. The van der Waals surface area contributed by atoms with E-state index in [4.69, 9.17) is 4.42 Å². The van der Waals surface area contributed by atoms with Gasteiger partial charge >= 0.3 is 0 Å². The van der Waals surface area contributed by atoms with Gasteiger partial charge in [-0.2, -0.15) is 0 Å². The molecule has 1 aliphatic heterocycles. The summed E-state index contributed by atoms with van der Waals surface area (Å²) in [5.74, 6) is 3.25. The number of fused-ring (bicyclic) bond motifs is 1. The molecule has 1 aliphatic rings. The average Bonchev–Trinajstić information content (AvgIpc) is 2.81. The first-order chi connectivity index (χ1) is 8.74. The third-order valence-electron chi connectivity index (χ3n) is 3.37. The van der Waals surface area contributed by atoms with Gasteiger partial charge in [-0.3, -0.25) is 0 Å². The molecule has 0 unspecified atom stereocenters. The molecule has 0 bridgehead atoms. The van der Waals surface area contributed by atoms with Gasteiger partial charge in [0.15, 0.2) is 0 Å². The number of rotatable bonds is 1. The zero-order valence-corrected chi connectivity index (χ0v) is 12.2. The van der Waals surface area contributed by atoms with Crippen molar-refractivity contribution in [1.82, 2.24) is 0 Å². The summed E-state index contributed by atoms with van der Waals surface area (Å²) in [5.41, 5.74) is 5.78. The van der Waals surface area contributed by atoms with Crippen molar-refractivity contribution in [3.8, 4) is 0 Å². The van der Waals surface area contributed by atoms with Gasteiger partial charge in [0.1, 0.15) is 10.3 Å². The Bertz CT molecular complexity index is 513. The zero-order chi connectivity index (χ0) is 12.5. The Morgan fingerprint density at radius 1 is 1.06 bits per heavy atom. The Balaban J connectivity index is 1.86. The van der Waals surface area contributed by atoms with Gasteiger partial charge in [-0.25, -0.2) is 0 Å². The molecule has 0 radical (unpaired) electrons. The molecule has 0 amide bonds. The summed E-state index contributed by atoms with van der Waals surface area (Å²) in [4.78, 5) is 0. The second kappa shape index (κ2) is 5.06. The maximum Gasteiger partial charge on any atom is 0.126 e. The van der Waals surface area contributed by atoms with E-state index in [-0.39, 0.29) is 0 Å². The van der Waals surface area contributed by atoms with Crippen LogP contribution in [0.1, 0.15) is 32.6 Å². The summed E-state index contributed by atoms with van der Waals surface area (Å²) < 4.78 is 5.96. The molecular weight excluding hydrogens is 260 g/mol. The van der Waals surface area contributed by atoms with Crippen LogP contribution in [0.15, 0.2) is 34.9 Å². The lowest BCUT2D eigenvalue weighted by atomic mass is 10.0. The lowest BCUT2D eigenvalue weighted by Gasteiger charge is -2.09. The molecule has 0 saturated carbocycles. The third-order valence-corrected chi connectivity index (χ3v) is 6.21. The number of thioether (sulfide) groups is 2. The Labute approximate surface area is 116 Å². The molecule has 0 atom stereocenters. The Hall–Kier alpha value is -0.800. The van der Waals surface area contributed by atoms with Gasteiger partial charge in [0.2, 0.25) is 0 Å². The maximum absolute atomic E-state index is 5.53. The van der Waals surface area contributed by atoms with E-state index in [9.17, 15) is 0 Å². The molecule has 0 N–H and O–H groups in total. The zero-order valence-electron chi connectivity index (χ0n) is 10.6. The van der Waals surface area contributed by atoms with E-state index in [2.05, 4.69) is 32.0 Å². The lowest BCUT2D eigenvalue weighted by Crippen LogP contribution is -1.92. The predicted octanol–water partition coefficient (Wildman–Crippen LogP) is 5.08. The molecule has 18 heavy (non-hydrogen) atoms. The number of hydrogen-bond donors (Lipinski definition) is 0. The number of aryl methyl sites for hydroxylation is 2. The molecule has 1 aromatic carbocycles. The molecule has 2 heterocycles.